The smallest absolute Gasteiger partial charge is 0.305 e. The zero-order valence-corrected chi connectivity index (χ0v) is 14.5. The van der Waals surface area contributed by atoms with Crippen molar-refractivity contribution in [2.45, 2.75) is 59.1 Å². The SMILES string of the molecule is C#C.C/C=C\C=C/CNC(O)CCCC.CCCC(=O)OC. The van der Waals surface area contributed by atoms with Gasteiger partial charge < -0.3 is 9.84 Å². The Kier molecular flexibility index (Phi) is 28.2. The zero-order valence-electron chi connectivity index (χ0n) is 14.5. The minimum Gasteiger partial charge on any atom is -0.469 e. The summed E-state index contributed by atoms with van der Waals surface area (Å²) in [5.74, 6) is -0.123. The molecule has 0 aromatic rings. The maximum atomic E-state index is 10.2. The molecule has 22 heavy (non-hydrogen) atoms. The highest BCUT2D eigenvalue weighted by Crippen LogP contribution is 1.96. The first-order valence-corrected chi connectivity index (χ1v) is 7.71. The summed E-state index contributed by atoms with van der Waals surface area (Å²) in [6.07, 6.45) is 20.0. The van der Waals surface area contributed by atoms with Gasteiger partial charge in [-0.25, -0.2) is 0 Å². The van der Waals surface area contributed by atoms with Gasteiger partial charge in [-0.2, -0.15) is 0 Å². The van der Waals surface area contributed by atoms with Gasteiger partial charge >= 0.3 is 5.97 Å². The molecule has 0 rings (SSSR count). The van der Waals surface area contributed by atoms with Crippen molar-refractivity contribution >= 4 is 5.97 Å². The number of hydrogen-bond donors (Lipinski definition) is 2. The van der Waals surface area contributed by atoms with E-state index in [1.807, 2.05) is 38.2 Å². The van der Waals surface area contributed by atoms with Crippen LogP contribution in [-0.2, 0) is 9.53 Å². The van der Waals surface area contributed by atoms with E-state index in [9.17, 15) is 9.90 Å². The van der Waals surface area contributed by atoms with Crippen molar-refractivity contribution in [3.05, 3.63) is 24.3 Å². The standard InChI is InChI=1S/C11H21NO.C5H10O2.C2H2/c1-3-5-7-8-10-12-11(13)9-6-4-2;1-3-4-5(6)7-2;1-2/h3,5,7-8,11-13H,4,6,9-10H2,1-2H3;3-4H2,1-2H3;1-2H/b5-3-,8-7-;;. The quantitative estimate of drug-likeness (QED) is 0.296. The Balaban J connectivity index is -0.000000339. The lowest BCUT2D eigenvalue weighted by molar-refractivity contribution is -0.140. The van der Waals surface area contributed by atoms with Crippen LogP contribution in [0.3, 0.4) is 0 Å². The van der Waals surface area contributed by atoms with Crippen LogP contribution in [0.2, 0.25) is 0 Å². The Morgan fingerprint density at radius 1 is 1.27 bits per heavy atom. The molecule has 2 N–H and O–H groups in total. The van der Waals surface area contributed by atoms with Crippen LogP contribution in [-0.4, -0.2) is 31.0 Å². The minimum absolute atomic E-state index is 0.123. The molecule has 0 aromatic carbocycles. The monoisotopic (exact) mass is 311 g/mol. The molecule has 0 heterocycles. The van der Waals surface area contributed by atoms with Crippen molar-refractivity contribution in [1.82, 2.24) is 5.32 Å². The van der Waals surface area contributed by atoms with Crippen molar-refractivity contribution in [2.24, 2.45) is 0 Å². The van der Waals surface area contributed by atoms with Gasteiger partial charge in [-0.3, -0.25) is 10.1 Å². The number of aliphatic hydroxyl groups is 1. The molecule has 0 saturated heterocycles. The van der Waals surface area contributed by atoms with Crippen molar-refractivity contribution in [1.29, 1.82) is 0 Å². The minimum atomic E-state index is -0.352. The molecule has 0 aliphatic heterocycles. The van der Waals surface area contributed by atoms with E-state index in [4.69, 9.17) is 0 Å². The summed E-state index contributed by atoms with van der Waals surface area (Å²) >= 11 is 0. The molecule has 0 aliphatic rings. The maximum Gasteiger partial charge on any atom is 0.305 e. The Morgan fingerprint density at radius 2 is 1.91 bits per heavy atom. The molecule has 1 atom stereocenters. The van der Waals surface area contributed by atoms with Gasteiger partial charge in [0.1, 0.15) is 6.23 Å². The predicted molar refractivity (Wildman–Crippen MR) is 94.3 cm³/mol. The van der Waals surface area contributed by atoms with Crippen molar-refractivity contribution in [2.75, 3.05) is 13.7 Å². The Morgan fingerprint density at radius 3 is 2.32 bits per heavy atom. The van der Waals surface area contributed by atoms with E-state index in [0.717, 1.165) is 32.2 Å². The van der Waals surface area contributed by atoms with Crippen LogP contribution in [0, 0.1) is 12.8 Å². The molecule has 0 fully saturated rings. The fourth-order valence-corrected chi connectivity index (χ4v) is 1.27. The molecule has 0 radical (unpaired) electrons. The first-order chi connectivity index (χ1) is 10.6. The number of methoxy groups -OCH3 is 1. The summed E-state index contributed by atoms with van der Waals surface area (Å²) in [4.78, 5) is 10.2. The van der Waals surface area contributed by atoms with E-state index in [2.05, 4.69) is 29.8 Å². The highest BCUT2D eigenvalue weighted by molar-refractivity contribution is 5.68. The number of unbranched alkanes of at least 4 members (excludes halogenated alkanes) is 1. The fourth-order valence-electron chi connectivity index (χ4n) is 1.27. The lowest BCUT2D eigenvalue weighted by atomic mass is 10.2. The van der Waals surface area contributed by atoms with Gasteiger partial charge in [-0.1, -0.05) is 44.6 Å². The van der Waals surface area contributed by atoms with Crippen LogP contribution in [0.5, 0.6) is 0 Å². The highest BCUT2D eigenvalue weighted by atomic mass is 16.5. The van der Waals surface area contributed by atoms with Crippen LogP contribution in [0.1, 0.15) is 52.9 Å². The number of hydrogen-bond acceptors (Lipinski definition) is 4. The van der Waals surface area contributed by atoms with Gasteiger partial charge in [0, 0.05) is 13.0 Å². The topological polar surface area (TPSA) is 58.6 Å². The molecule has 0 saturated carbocycles. The van der Waals surface area contributed by atoms with Crippen molar-refractivity contribution < 1.29 is 14.6 Å². The summed E-state index contributed by atoms with van der Waals surface area (Å²) in [5.41, 5.74) is 0. The normalized spacial score (nSPS) is 11.2. The van der Waals surface area contributed by atoms with Crippen LogP contribution in [0.15, 0.2) is 24.3 Å². The van der Waals surface area contributed by atoms with Crippen molar-refractivity contribution in [3.8, 4) is 12.8 Å². The van der Waals surface area contributed by atoms with E-state index < -0.39 is 0 Å². The van der Waals surface area contributed by atoms with E-state index in [1.54, 1.807) is 0 Å². The van der Waals surface area contributed by atoms with Crippen LogP contribution in [0.4, 0.5) is 0 Å². The fraction of sp³-hybridized carbons (Fsp3) is 0.611. The van der Waals surface area contributed by atoms with Crippen molar-refractivity contribution in [3.63, 3.8) is 0 Å². The number of carbonyl (C=O) groups excluding carboxylic acids is 1. The average molecular weight is 311 g/mol. The molecular formula is C18H33NO3. The maximum absolute atomic E-state index is 10.2. The average Bonchev–Trinajstić information content (AvgIpc) is 2.55. The lowest BCUT2D eigenvalue weighted by Gasteiger charge is -2.09. The number of rotatable bonds is 9. The lowest BCUT2D eigenvalue weighted by Crippen LogP contribution is -2.28. The first kappa shape index (κ1) is 25.4. The van der Waals surface area contributed by atoms with Gasteiger partial charge in [0.2, 0.25) is 0 Å². The summed E-state index contributed by atoms with van der Waals surface area (Å²) in [5, 5.41) is 12.4. The van der Waals surface area contributed by atoms with Gasteiger partial charge in [-0.05, 0) is 26.2 Å². The Hall–Kier alpha value is -1.57. The molecule has 0 amide bonds. The third kappa shape index (κ3) is 26.9. The molecular weight excluding hydrogens is 278 g/mol. The molecule has 0 aliphatic carbocycles. The Labute approximate surface area is 136 Å². The molecule has 4 heteroatoms. The second-order valence-corrected chi connectivity index (χ2v) is 4.35. The summed E-state index contributed by atoms with van der Waals surface area (Å²) in [6.45, 7) is 6.78. The summed E-state index contributed by atoms with van der Waals surface area (Å²) < 4.78 is 4.35. The van der Waals surface area contributed by atoms with E-state index in [0.29, 0.717) is 6.42 Å². The largest absolute Gasteiger partial charge is 0.469 e. The number of carbonyl (C=O) groups is 1. The first-order valence-electron chi connectivity index (χ1n) is 7.71. The van der Waals surface area contributed by atoms with Crippen LogP contribution >= 0.6 is 0 Å². The molecule has 0 aromatic heterocycles. The van der Waals surface area contributed by atoms with E-state index in [1.165, 1.54) is 7.11 Å². The van der Waals surface area contributed by atoms with Gasteiger partial charge in [0.15, 0.2) is 0 Å². The molecule has 0 spiro atoms. The number of terminal acetylenes is 1. The summed E-state index contributed by atoms with van der Waals surface area (Å²) in [7, 11) is 1.40. The number of nitrogens with one attached hydrogen (secondary N) is 1. The molecule has 128 valence electrons. The predicted octanol–water partition coefficient (Wildman–Crippen LogP) is 3.43. The zero-order chi connectivity index (χ0) is 17.6. The van der Waals surface area contributed by atoms with E-state index >= 15 is 0 Å². The van der Waals surface area contributed by atoms with Crippen LogP contribution in [0.25, 0.3) is 0 Å². The third-order valence-electron chi connectivity index (χ3n) is 2.42. The van der Waals surface area contributed by atoms with Crippen LogP contribution < -0.4 is 5.32 Å². The number of esters is 1. The number of ether oxygens (including phenoxy) is 1. The number of allylic oxidation sites excluding steroid dienone is 3. The summed E-state index contributed by atoms with van der Waals surface area (Å²) in [6, 6.07) is 0. The Bertz CT molecular complexity index is 296. The third-order valence-corrected chi connectivity index (χ3v) is 2.42. The van der Waals surface area contributed by atoms with Gasteiger partial charge in [0.05, 0.1) is 7.11 Å². The second kappa shape index (κ2) is 24.4. The van der Waals surface area contributed by atoms with E-state index in [-0.39, 0.29) is 12.2 Å². The molecule has 1 unspecified atom stereocenters. The second-order valence-electron chi connectivity index (χ2n) is 4.35. The van der Waals surface area contributed by atoms with Gasteiger partial charge in [-0.15, -0.1) is 12.8 Å². The molecule has 4 nitrogen and oxygen atoms in total. The highest BCUT2D eigenvalue weighted by Gasteiger charge is 1.98. The molecule has 0 bridgehead atoms. The number of aliphatic hydroxyl groups excluding tert-OH is 1. The van der Waals surface area contributed by atoms with Gasteiger partial charge in [0.25, 0.3) is 0 Å².